The third-order valence-electron chi connectivity index (χ3n) is 5.54. The molecule has 2 N–H and O–H groups in total. The van der Waals surface area contributed by atoms with Crippen molar-refractivity contribution in [1.82, 2.24) is 20.6 Å². The Bertz CT molecular complexity index is 961. The van der Waals surface area contributed by atoms with Crippen LogP contribution in [0.3, 0.4) is 0 Å². The molecule has 3 aliphatic rings. The number of aryl methyl sites for hydroxylation is 1. The molecule has 1 saturated carbocycles. The van der Waals surface area contributed by atoms with Gasteiger partial charge in [-0.05, 0) is 25.8 Å². The Balaban J connectivity index is 1.25. The van der Waals surface area contributed by atoms with Crippen LogP contribution in [-0.2, 0) is 6.54 Å². The summed E-state index contributed by atoms with van der Waals surface area (Å²) in [5, 5.41) is 6.26. The van der Waals surface area contributed by atoms with Gasteiger partial charge in [0.2, 0.25) is 5.89 Å². The van der Waals surface area contributed by atoms with E-state index in [2.05, 4.69) is 20.6 Å². The number of carbonyl (C=O) groups excluding carboxylic acids is 1. The molecule has 7 heteroatoms. The van der Waals surface area contributed by atoms with Crippen molar-refractivity contribution in [2.45, 2.75) is 31.8 Å². The van der Waals surface area contributed by atoms with E-state index in [0.29, 0.717) is 35.1 Å². The van der Waals surface area contributed by atoms with Crippen molar-refractivity contribution >= 4 is 5.91 Å². The summed E-state index contributed by atoms with van der Waals surface area (Å²) in [6.07, 6.45) is 4.17. The second kappa shape index (κ2) is 6.35. The van der Waals surface area contributed by atoms with Crippen molar-refractivity contribution in [3.05, 3.63) is 59.8 Å². The second-order valence-electron chi connectivity index (χ2n) is 7.27. The van der Waals surface area contributed by atoms with Crippen LogP contribution in [0.4, 0.5) is 0 Å². The van der Waals surface area contributed by atoms with Crippen LogP contribution >= 0.6 is 0 Å². The SMILES string of the molecule is Cc1ccc(-c2cnc(CNC(=O)c3ncoc3C3C4CNC3C4)o2)cc1. The van der Waals surface area contributed by atoms with Gasteiger partial charge in [-0.1, -0.05) is 29.8 Å². The van der Waals surface area contributed by atoms with Crippen LogP contribution in [0.5, 0.6) is 0 Å². The number of nitrogens with one attached hydrogen (secondary N) is 2. The lowest BCUT2D eigenvalue weighted by molar-refractivity contribution is 0.0938. The molecular weight excluding hydrogens is 344 g/mol. The number of hydrogen-bond donors (Lipinski definition) is 2. The fourth-order valence-electron chi connectivity index (χ4n) is 4.02. The minimum Gasteiger partial charge on any atom is -0.447 e. The number of nitrogens with zero attached hydrogens (tertiary/aromatic N) is 2. The number of amides is 1. The molecule has 3 fully saturated rings. The number of carbonyl (C=O) groups is 1. The van der Waals surface area contributed by atoms with Crippen molar-refractivity contribution in [2.24, 2.45) is 5.92 Å². The number of hydrogen-bond acceptors (Lipinski definition) is 6. The highest BCUT2D eigenvalue weighted by Crippen LogP contribution is 2.47. The highest BCUT2D eigenvalue weighted by atomic mass is 16.4. The average molecular weight is 364 g/mol. The van der Waals surface area contributed by atoms with E-state index >= 15 is 0 Å². The van der Waals surface area contributed by atoms with Gasteiger partial charge >= 0.3 is 0 Å². The van der Waals surface area contributed by atoms with Crippen LogP contribution in [0.1, 0.15) is 40.0 Å². The highest BCUT2D eigenvalue weighted by molar-refractivity contribution is 5.93. The molecule has 1 aromatic carbocycles. The summed E-state index contributed by atoms with van der Waals surface area (Å²) in [6.45, 7) is 3.22. The molecule has 6 rings (SSSR count). The lowest BCUT2D eigenvalue weighted by Gasteiger charge is -2.32. The topological polar surface area (TPSA) is 93.2 Å². The van der Waals surface area contributed by atoms with Gasteiger partial charge in [-0.3, -0.25) is 4.79 Å². The summed E-state index contributed by atoms with van der Waals surface area (Å²) in [6, 6.07) is 8.42. The summed E-state index contributed by atoms with van der Waals surface area (Å²) in [5.41, 5.74) is 2.51. The molecule has 138 valence electrons. The zero-order valence-corrected chi connectivity index (χ0v) is 14.9. The molecule has 1 aliphatic carbocycles. The molecule has 2 aromatic heterocycles. The quantitative estimate of drug-likeness (QED) is 0.723. The van der Waals surface area contributed by atoms with Gasteiger partial charge in [-0.25, -0.2) is 9.97 Å². The Morgan fingerprint density at radius 1 is 1.30 bits per heavy atom. The zero-order chi connectivity index (χ0) is 18.4. The Morgan fingerprint density at radius 2 is 2.15 bits per heavy atom. The van der Waals surface area contributed by atoms with Crippen LogP contribution in [0, 0.1) is 12.8 Å². The second-order valence-corrected chi connectivity index (χ2v) is 7.27. The maximum atomic E-state index is 12.6. The molecule has 2 saturated heterocycles. The molecule has 0 spiro atoms. The molecule has 4 heterocycles. The first-order valence-electron chi connectivity index (χ1n) is 9.16. The largest absolute Gasteiger partial charge is 0.447 e. The lowest BCUT2D eigenvalue weighted by Crippen LogP contribution is -2.36. The van der Waals surface area contributed by atoms with Crippen LogP contribution < -0.4 is 10.6 Å². The van der Waals surface area contributed by atoms with Crippen LogP contribution in [-0.4, -0.2) is 28.5 Å². The first-order chi connectivity index (χ1) is 13.2. The number of benzene rings is 1. The van der Waals surface area contributed by atoms with Crippen molar-refractivity contribution in [3.8, 4) is 11.3 Å². The van der Waals surface area contributed by atoms with E-state index in [4.69, 9.17) is 8.83 Å². The minimum atomic E-state index is -0.264. The fraction of sp³-hybridized carbons (Fsp3) is 0.350. The van der Waals surface area contributed by atoms with Gasteiger partial charge < -0.3 is 19.5 Å². The van der Waals surface area contributed by atoms with Gasteiger partial charge in [-0.2, -0.15) is 0 Å². The molecular formula is C20H20N4O3. The summed E-state index contributed by atoms with van der Waals surface area (Å²) in [7, 11) is 0. The predicted molar refractivity (Wildman–Crippen MR) is 97.0 cm³/mol. The number of rotatable bonds is 5. The first-order valence-corrected chi connectivity index (χ1v) is 9.16. The summed E-state index contributed by atoms with van der Waals surface area (Å²) in [5.74, 6) is 2.35. The third kappa shape index (κ3) is 2.84. The summed E-state index contributed by atoms with van der Waals surface area (Å²) in [4.78, 5) is 21.0. The van der Waals surface area contributed by atoms with Gasteiger partial charge in [0, 0.05) is 17.5 Å². The molecule has 7 nitrogen and oxygen atoms in total. The van der Waals surface area contributed by atoms with Crippen LogP contribution in [0.2, 0.25) is 0 Å². The van der Waals surface area contributed by atoms with E-state index in [1.165, 1.54) is 12.0 Å². The maximum Gasteiger partial charge on any atom is 0.273 e. The zero-order valence-electron chi connectivity index (χ0n) is 14.9. The van der Waals surface area contributed by atoms with E-state index < -0.39 is 0 Å². The van der Waals surface area contributed by atoms with Crippen LogP contribution in [0.15, 0.2) is 45.7 Å². The molecule has 3 aromatic rings. The normalized spacial score (nSPS) is 23.2. The number of fused-ring (bicyclic) bond motifs is 1. The Labute approximate surface area is 156 Å². The monoisotopic (exact) mass is 364 g/mol. The molecule has 27 heavy (non-hydrogen) atoms. The van der Waals surface area contributed by atoms with Crippen LogP contribution in [0.25, 0.3) is 11.3 Å². The van der Waals surface area contributed by atoms with E-state index in [1.54, 1.807) is 6.20 Å². The van der Waals surface area contributed by atoms with E-state index in [9.17, 15) is 4.79 Å². The molecule has 3 unspecified atom stereocenters. The standard InChI is InChI=1S/C20H20N4O3/c1-11-2-4-12(5-3-11)15-8-22-16(27-15)9-23-20(25)18-19(26-10-24-18)17-13-6-14(17)21-7-13/h2-5,8,10,13-14,17,21H,6-7,9H2,1H3,(H,23,25). The molecule has 0 radical (unpaired) electrons. The van der Waals surface area contributed by atoms with Crippen molar-refractivity contribution < 1.29 is 13.6 Å². The van der Waals surface area contributed by atoms with Gasteiger partial charge in [-0.15, -0.1) is 0 Å². The first kappa shape index (κ1) is 16.3. The van der Waals surface area contributed by atoms with Crippen molar-refractivity contribution in [2.75, 3.05) is 6.54 Å². The van der Waals surface area contributed by atoms with Gasteiger partial charge in [0.1, 0.15) is 5.76 Å². The van der Waals surface area contributed by atoms with E-state index in [0.717, 1.165) is 18.5 Å². The minimum absolute atomic E-state index is 0.201. The highest BCUT2D eigenvalue weighted by Gasteiger charge is 2.50. The molecule has 3 atom stereocenters. The van der Waals surface area contributed by atoms with E-state index in [-0.39, 0.29) is 18.4 Å². The smallest absolute Gasteiger partial charge is 0.273 e. The number of aromatic nitrogens is 2. The van der Waals surface area contributed by atoms with Gasteiger partial charge in [0.25, 0.3) is 5.91 Å². The lowest BCUT2D eigenvalue weighted by atomic mass is 9.72. The summed E-state index contributed by atoms with van der Waals surface area (Å²) < 4.78 is 11.3. The molecule has 2 aliphatic heterocycles. The summed E-state index contributed by atoms with van der Waals surface area (Å²) >= 11 is 0. The maximum absolute atomic E-state index is 12.6. The molecule has 2 bridgehead atoms. The Kier molecular flexibility index (Phi) is 3.82. The Morgan fingerprint density at radius 3 is 2.89 bits per heavy atom. The molecule has 1 amide bonds. The van der Waals surface area contributed by atoms with Crippen molar-refractivity contribution in [3.63, 3.8) is 0 Å². The fourth-order valence-corrected chi connectivity index (χ4v) is 4.02. The third-order valence-corrected chi connectivity index (χ3v) is 5.54. The number of oxazole rings is 2. The Hall–Kier alpha value is -2.93. The van der Waals surface area contributed by atoms with Gasteiger partial charge in [0.15, 0.2) is 17.8 Å². The average Bonchev–Trinajstić information content (AvgIpc) is 3.43. The van der Waals surface area contributed by atoms with Crippen molar-refractivity contribution in [1.29, 1.82) is 0 Å². The van der Waals surface area contributed by atoms with Gasteiger partial charge in [0.05, 0.1) is 12.7 Å². The predicted octanol–water partition coefficient (Wildman–Crippen LogP) is 2.64. The van der Waals surface area contributed by atoms with E-state index in [1.807, 2.05) is 31.2 Å².